The van der Waals surface area contributed by atoms with Crippen molar-refractivity contribution in [2.75, 3.05) is 12.3 Å². The number of nitrogens with one attached hydrogen (secondary N) is 1. The molecular weight excluding hydrogens is 274 g/mol. The van der Waals surface area contributed by atoms with E-state index in [-0.39, 0.29) is 12.3 Å². The smallest absolute Gasteiger partial charge is 0.303 e. The van der Waals surface area contributed by atoms with Gasteiger partial charge in [-0.2, -0.15) is 0 Å². The number of rotatable bonds is 8. The minimum atomic E-state index is -0.790. The van der Waals surface area contributed by atoms with Gasteiger partial charge in [-0.1, -0.05) is 17.7 Å². The number of unbranched alkanes of at least 4 members (excludes halogenated alkanes) is 1. The molecule has 0 unspecified atom stereocenters. The third-order valence-corrected chi connectivity index (χ3v) is 4.00. The van der Waals surface area contributed by atoms with Crippen LogP contribution < -0.4 is 5.32 Å². The van der Waals surface area contributed by atoms with Gasteiger partial charge in [0.2, 0.25) is 5.91 Å². The van der Waals surface area contributed by atoms with Crippen LogP contribution in [0.1, 0.15) is 30.4 Å². The molecule has 1 aromatic rings. The highest BCUT2D eigenvalue weighted by Gasteiger charge is 2.05. The normalized spacial score (nSPS) is 10.3. The van der Waals surface area contributed by atoms with Gasteiger partial charge in [0.05, 0.1) is 5.75 Å². The molecule has 0 aromatic heterocycles. The summed E-state index contributed by atoms with van der Waals surface area (Å²) in [4.78, 5) is 23.1. The lowest BCUT2D eigenvalue weighted by Gasteiger charge is -2.07. The van der Waals surface area contributed by atoms with E-state index in [2.05, 4.69) is 11.4 Å². The van der Waals surface area contributed by atoms with Gasteiger partial charge in [0.1, 0.15) is 0 Å². The van der Waals surface area contributed by atoms with Crippen LogP contribution in [0.4, 0.5) is 0 Å². The molecule has 20 heavy (non-hydrogen) atoms. The average Bonchev–Trinajstić information content (AvgIpc) is 2.37. The number of benzene rings is 1. The summed E-state index contributed by atoms with van der Waals surface area (Å²) in [5.41, 5.74) is 2.40. The number of carbonyl (C=O) groups is 2. The Labute approximate surface area is 124 Å². The highest BCUT2D eigenvalue weighted by Crippen LogP contribution is 2.22. The molecule has 1 rings (SSSR count). The van der Waals surface area contributed by atoms with Crippen LogP contribution in [0.15, 0.2) is 23.1 Å². The molecule has 4 nitrogen and oxygen atoms in total. The number of amides is 1. The standard InChI is InChI=1S/C15H21NO3S/c1-11-6-7-13(12(2)9-11)20-10-14(17)16-8-4-3-5-15(18)19/h6-7,9H,3-5,8,10H2,1-2H3,(H,16,17)(H,18,19). The first-order valence-electron chi connectivity index (χ1n) is 6.67. The van der Waals surface area contributed by atoms with Crippen molar-refractivity contribution in [3.8, 4) is 0 Å². The molecule has 0 saturated carbocycles. The van der Waals surface area contributed by atoms with Gasteiger partial charge >= 0.3 is 5.97 Å². The van der Waals surface area contributed by atoms with Crippen LogP contribution in [-0.4, -0.2) is 29.3 Å². The van der Waals surface area contributed by atoms with Crippen molar-refractivity contribution < 1.29 is 14.7 Å². The van der Waals surface area contributed by atoms with Crippen LogP contribution >= 0.6 is 11.8 Å². The number of hydrogen-bond acceptors (Lipinski definition) is 3. The number of carbonyl (C=O) groups excluding carboxylic acids is 1. The fourth-order valence-electron chi connectivity index (χ4n) is 1.78. The number of thioether (sulfide) groups is 1. The lowest BCUT2D eigenvalue weighted by molar-refractivity contribution is -0.137. The maximum Gasteiger partial charge on any atom is 0.303 e. The van der Waals surface area contributed by atoms with Crippen LogP contribution in [0.2, 0.25) is 0 Å². The maximum absolute atomic E-state index is 11.6. The molecule has 0 atom stereocenters. The molecule has 110 valence electrons. The maximum atomic E-state index is 11.6. The van der Waals surface area contributed by atoms with Crippen LogP contribution in [-0.2, 0) is 9.59 Å². The molecular formula is C15H21NO3S. The Morgan fingerprint density at radius 3 is 2.65 bits per heavy atom. The number of carboxylic acid groups (broad SMARTS) is 1. The molecule has 5 heteroatoms. The fourth-order valence-corrected chi connectivity index (χ4v) is 2.62. The largest absolute Gasteiger partial charge is 0.481 e. The molecule has 0 bridgehead atoms. The predicted molar refractivity (Wildman–Crippen MR) is 81.1 cm³/mol. The van der Waals surface area contributed by atoms with E-state index in [1.54, 1.807) is 0 Å². The van der Waals surface area contributed by atoms with E-state index in [0.717, 1.165) is 4.90 Å². The first-order chi connectivity index (χ1) is 9.49. The highest BCUT2D eigenvalue weighted by atomic mass is 32.2. The summed E-state index contributed by atoms with van der Waals surface area (Å²) >= 11 is 1.53. The molecule has 0 radical (unpaired) electrons. The van der Waals surface area contributed by atoms with Gasteiger partial charge in [-0.15, -0.1) is 11.8 Å². The number of hydrogen-bond donors (Lipinski definition) is 2. The summed E-state index contributed by atoms with van der Waals surface area (Å²) in [5.74, 6) is -0.407. The van der Waals surface area contributed by atoms with E-state index in [1.807, 2.05) is 26.0 Å². The SMILES string of the molecule is Cc1ccc(SCC(=O)NCCCCC(=O)O)c(C)c1. The van der Waals surface area contributed by atoms with E-state index in [1.165, 1.54) is 22.9 Å². The van der Waals surface area contributed by atoms with Gasteiger partial charge in [-0.3, -0.25) is 9.59 Å². The van der Waals surface area contributed by atoms with E-state index >= 15 is 0 Å². The third kappa shape index (κ3) is 6.61. The van der Waals surface area contributed by atoms with Gasteiger partial charge in [0, 0.05) is 17.9 Å². The van der Waals surface area contributed by atoms with Crippen LogP contribution in [0, 0.1) is 13.8 Å². The van der Waals surface area contributed by atoms with E-state index in [4.69, 9.17) is 5.11 Å². The molecule has 1 aromatic carbocycles. The topological polar surface area (TPSA) is 66.4 Å². The third-order valence-electron chi connectivity index (χ3n) is 2.83. The molecule has 1 amide bonds. The van der Waals surface area contributed by atoms with Crippen molar-refractivity contribution in [2.24, 2.45) is 0 Å². The van der Waals surface area contributed by atoms with Gasteiger partial charge in [0.25, 0.3) is 0 Å². The van der Waals surface area contributed by atoms with Crippen LogP contribution in [0.3, 0.4) is 0 Å². The van der Waals surface area contributed by atoms with Crippen molar-refractivity contribution in [3.05, 3.63) is 29.3 Å². The molecule has 0 aliphatic heterocycles. The van der Waals surface area contributed by atoms with Crippen LogP contribution in [0.25, 0.3) is 0 Å². The molecule has 2 N–H and O–H groups in total. The van der Waals surface area contributed by atoms with E-state index in [0.29, 0.717) is 25.1 Å². The second kappa shape index (κ2) is 8.64. The zero-order chi connectivity index (χ0) is 15.0. The lowest BCUT2D eigenvalue weighted by atomic mass is 10.2. The van der Waals surface area contributed by atoms with Gasteiger partial charge < -0.3 is 10.4 Å². The zero-order valence-electron chi connectivity index (χ0n) is 11.9. The minimum absolute atomic E-state index is 0.00898. The Morgan fingerprint density at radius 2 is 2.00 bits per heavy atom. The fraction of sp³-hybridized carbons (Fsp3) is 0.467. The van der Waals surface area contributed by atoms with Crippen molar-refractivity contribution in [1.82, 2.24) is 5.32 Å². The number of carboxylic acids is 1. The monoisotopic (exact) mass is 295 g/mol. The molecule has 0 saturated heterocycles. The van der Waals surface area contributed by atoms with Crippen molar-refractivity contribution in [3.63, 3.8) is 0 Å². The summed E-state index contributed by atoms with van der Waals surface area (Å²) < 4.78 is 0. The van der Waals surface area contributed by atoms with Crippen LogP contribution in [0.5, 0.6) is 0 Å². The van der Waals surface area contributed by atoms with Gasteiger partial charge in [-0.05, 0) is 38.3 Å². The second-order valence-electron chi connectivity index (χ2n) is 4.76. The first kappa shape index (κ1) is 16.6. The van der Waals surface area contributed by atoms with Crippen molar-refractivity contribution >= 4 is 23.6 Å². The average molecular weight is 295 g/mol. The number of aliphatic carboxylic acids is 1. The lowest BCUT2D eigenvalue weighted by Crippen LogP contribution is -2.26. The molecule has 0 aliphatic carbocycles. The second-order valence-corrected chi connectivity index (χ2v) is 5.78. The minimum Gasteiger partial charge on any atom is -0.481 e. The molecule has 0 heterocycles. The Bertz CT molecular complexity index is 474. The quantitative estimate of drug-likeness (QED) is 0.571. The first-order valence-corrected chi connectivity index (χ1v) is 7.66. The van der Waals surface area contributed by atoms with Crippen molar-refractivity contribution in [2.45, 2.75) is 38.0 Å². The van der Waals surface area contributed by atoms with Gasteiger partial charge in [-0.25, -0.2) is 0 Å². The summed E-state index contributed by atoms with van der Waals surface area (Å²) in [7, 11) is 0. The molecule has 0 fully saturated rings. The Balaban J connectivity index is 2.21. The zero-order valence-corrected chi connectivity index (χ0v) is 12.8. The summed E-state index contributed by atoms with van der Waals surface area (Å²) in [6.07, 6.45) is 1.46. The van der Waals surface area contributed by atoms with Gasteiger partial charge in [0.15, 0.2) is 0 Å². The Kier molecular flexibility index (Phi) is 7.15. The molecule has 0 aliphatic rings. The van der Waals surface area contributed by atoms with E-state index in [9.17, 15) is 9.59 Å². The molecule has 0 spiro atoms. The highest BCUT2D eigenvalue weighted by molar-refractivity contribution is 8.00. The summed E-state index contributed by atoms with van der Waals surface area (Å²) in [5, 5.41) is 11.3. The van der Waals surface area contributed by atoms with Crippen molar-refractivity contribution in [1.29, 1.82) is 0 Å². The van der Waals surface area contributed by atoms with E-state index < -0.39 is 5.97 Å². The summed E-state index contributed by atoms with van der Waals surface area (Å²) in [6.45, 7) is 4.63. The Hall–Kier alpha value is -1.49. The Morgan fingerprint density at radius 1 is 1.25 bits per heavy atom. The predicted octanol–water partition coefficient (Wildman–Crippen LogP) is 2.77. The summed E-state index contributed by atoms with van der Waals surface area (Å²) in [6, 6.07) is 6.18. The number of aryl methyl sites for hydroxylation is 2.